The molecule has 2 aromatic rings. The first-order chi connectivity index (χ1) is 10.1. The number of ether oxygens (including phenoxy) is 1. The SMILES string of the molecule is Cc1nsc(C)c1C(=O)N1CCOc2cc(O)ccc2C1. The van der Waals surface area contributed by atoms with E-state index in [9.17, 15) is 9.90 Å². The van der Waals surface area contributed by atoms with Gasteiger partial charge in [0.1, 0.15) is 18.1 Å². The Kier molecular flexibility index (Phi) is 3.55. The number of amides is 1. The summed E-state index contributed by atoms with van der Waals surface area (Å²) in [7, 11) is 0. The van der Waals surface area contributed by atoms with Crippen molar-refractivity contribution < 1.29 is 14.6 Å². The number of carbonyl (C=O) groups is 1. The summed E-state index contributed by atoms with van der Waals surface area (Å²) >= 11 is 1.35. The number of benzene rings is 1. The van der Waals surface area contributed by atoms with Crippen LogP contribution in [0.1, 0.15) is 26.5 Å². The molecule has 2 heterocycles. The molecule has 21 heavy (non-hydrogen) atoms. The van der Waals surface area contributed by atoms with E-state index in [4.69, 9.17) is 4.74 Å². The fourth-order valence-corrected chi connectivity index (χ4v) is 3.17. The Labute approximate surface area is 127 Å². The van der Waals surface area contributed by atoms with Gasteiger partial charge in [0.15, 0.2) is 0 Å². The molecule has 110 valence electrons. The monoisotopic (exact) mass is 304 g/mol. The second-order valence-electron chi connectivity index (χ2n) is 5.07. The van der Waals surface area contributed by atoms with Crippen LogP contribution in [-0.2, 0) is 6.54 Å². The lowest BCUT2D eigenvalue weighted by Gasteiger charge is -2.20. The number of aromatic hydroxyl groups is 1. The number of phenols is 1. The lowest BCUT2D eigenvalue weighted by molar-refractivity contribution is 0.0732. The Morgan fingerprint density at radius 3 is 2.95 bits per heavy atom. The van der Waals surface area contributed by atoms with Crippen LogP contribution in [0.15, 0.2) is 18.2 Å². The normalized spacial score (nSPS) is 14.3. The second-order valence-corrected chi connectivity index (χ2v) is 6.04. The first-order valence-electron chi connectivity index (χ1n) is 6.73. The van der Waals surface area contributed by atoms with Gasteiger partial charge in [-0.25, -0.2) is 0 Å². The number of hydrogen-bond donors (Lipinski definition) is 1. The number of nitrogens with zero attached hydrogens (tertiary/aromatic N) is 2. The van der Waals surface area contributed by atoms with Crippen molar-refractivity contribution in [1.82, 2.24) is 9.27 Å². The number of aryl methyl sites for hydroxylation is 2. The topological polar surface area (TPSA) is 62.7 Å². The lowest BCUT2D eigenvalue weighted by Crippen LogP contribution is -2.33. The van der Waals surface area contributed by atoms with E-state index in [1.54, 1.807) is 23.1 Å². The van der Waals surface area contributed by atoms with Crippen LogP contribution in [-0.4, -0.2) is 33.4 Å². The molecule has 0 radical (unpaired) electrons. The Morgan fingerprint density at radius 1 is 1.43 bits per heavy atom. The predicted molar refractivity (Wildman–Crippen MR) is 79.9 cm³/mol. The molecule has 1 aliphatic heterocycles. The molecule has 0 bridgehead atoms. The van der Waals surface area contributed by atoms with E-state index < -0.39 is 0 Å². The predicted octanol–water partition coefficient (Wildman–Crippen LogP) is 2.50. The molecule has 0 saturated carbocycles. The van der Waals surface area contributed by atoms with Crippen molar-refractivity contribution in [1.29, 1.82) is 0 Å². The third-order valence-electron chi connectivity index (χ3n) is 3.57. The standard InChI is InChI=1S/C15H16N2O3S/c1-9-14(10(2)21-16-9)15(19)17-5-6-20-13-7-12(18)4-3-11(13)8-17/h3-4,7,18H,5-6,8H2,1-2H3. The van der Waals surface area contributed by atoms with E-state index in [1.807, 2.05) is 13.8 Å². The van der Waals surface area contributed by atoms with Gasteiger partial charge in [-0.15, -0.1) is 0 Å². The van der Waals surface area contributed by atoms with Crippen LogP contribution in [0.25, 0.3) is 0 Å². The fraction of sp³-hybridized carbons (Fsp3) is 0.333. The highest BCUT2D eigenvalue weighted by molar-refractivity contribution is 7.06. The van der Waals surface area contributed by atoms with Crippen molar-refractivity contribution in [2.24, 2.45) is 0 Å². The van der Waals surface area contributed by atoms with Gasteiger partial charge in [0.2, 0.25) is 0 Å². The van der Waals surface area contributed by atoms with E-state index in [0.29, 0.717) is 31.0 Å². The summed E-state index contributed by atoms with van der Waals surface area (Å²) in [6, 6.07) is 4.99. The summed E-state index contributed by atoms with van der Waals surface area (Å²) in [6.07, 6.45) is 0. The highest BCUT2D eigenvalue weighted by Gasteiger charge is 2.25. The van der Waals surface area contributed by atoms with Crippen LogP contribution >= 0.6 is 11.5 Å². The van der Waals surface area contributed by atoms with Crippen molar-refractivity contribution in [2.75, 3.05) is 13.2 Å². The van der Waals surface area contributed by atoms with E-state index in [-0.39, 0.29) is 11.7 Å². The van der Waals surface area contributed by atoms with Crippen LogP contribution in [0.4, 0.5) is 0 Å². The highest BCUT2D eigenvalue weighted by Crippen LogP contribution is 2.28. The number of fused-ring (bicyclic) bond motifs is 1. The van der Waals surface area contributed by atoms with Gasteiger partial charge < -0.3 is 14.7 Å². The van der Waals surface area contributed by atoms with Crippen LogP contribution in [0.5, 0.6) is 11.5 Å². The number of aromatic nitrogens is 1. The molecule has 3 rings (SSSR count). The Bertz CT molecular complexity index is 677. The van der Waals surface area contributed by atoms with Crippen LogP contribution < -0.4 is 4.74 Å². The molecule has 1 aromatic heterocycles. The highest BCUT2D eigenvalue weighted by atomic mass is 32.1. The number of hydrogen-bond acceptors (Lipinski definition) is 5. The van der Waals surface area contributed by atoms with Gasteiger partial charge in [-0.1, -0.05) is 0 Å². The van der Waals surface area contributed by atoms with Crippen molar-refractivity contribution in [3.63, 3.8) is 0 Å². The summed E-state index contributed by atoms with van der Waals surface area (Å²) < 4.78 is 9.86. The molecule has 1 aromatic carbocycles. The minimum Gasteiger partial charge on any atom is -0.508 e. The molecule has 0 spiro atoms. The largest absolute Gasteiger partial charge is 0.508 e. The van der Waals surface area contributed by atoms with Crippen molar-refractivity contribution in [3.05, 3.63) is 39.9 Å². The molecule has 0 aliphatic carbocycles. The number of phenolic OH excluding ortho intramolecular Hbond substituents is 1. The summed E-state index contributed by atoms with van der Waals surface area (Å²) in [5.74, 6) is 0.799. The zero-order valence-electron chi connectivity index (χ0n) is 11.9. The third kappa shape index (κ3) is 2.58. The Balaban J connectivity index is 1.90. The zero-order chi connectivity index (χ0) is 15.0. The molecule has 5 nitrogen and oxygen atoms in total. The molecule has 0 saturated heterocycles. The van der Waals surface area contributed by atoms with Crippen LogP contribution in [0.3, 0.4) is 0 Å². The maximum atomic E-state index is 12.7. The third-order valence-corrected chi connectivity index (χ3v) is 4.41. The first-order valence-corrected chi connectivity index (χ1v) is 7.50. The molecule has 6 heteroatoms. The molecule has 1 N–H and O–H groups in total. The van der Waals surface area contributed by atoms with Crippen LogP contribution in [0, 0.1) is 13.8 Å². The van der Waals surface area contributed by atoms with Gasteiger partial charge in [-0.05, 0) is 37.5 Å². The maximum Gasteiger partial charge on any atom is 0.257 e. The molecule has 1 aliphatic rings. The first kappa shape index (κ1) is 13.9. The quantitative estimate of drug-likeness (QED) is 0.879. The molecule has 1 amide bonds. The zero-order valence-corrected chi connectivity index (χ0v) is 12.7. The fourth-order valence-electron chi connectivity index (χ4n) is 2.48. The van der Waals surface area contributed by atoms with E-state index in [0.717, 1.165) is 16.1 Å². The maximum absolute atomic E-state index is 12.7. The summed E-state index contributed by atoms with van der Waals surface area (Å²) in [5, 5.41) is 9.51. The van der Waals surface area contributed by atoms with Gasteiger partial charge in [0, 0.05) is 23.1 Å². The molecular weight excluding hydrogens is 288 g/mol. The molecule has 0 fully saturated rings. The van der Waals surface area contributed by atoms with Crippen molar-refractivity contribution in [3.8, 4) is 11.5 Å². The van der Waals surface area contributed by atoms with Crippen LogP contribution in [0.2, 0.25) is 0 Å². The lowest BCUT2D eigenvalue weighted by atomic mass is 10.1. The summed E-state index contributed by atoms with van der Waals surface area (Å²) in [6.45, 7) is 5.18. The minimum atomic E-state index is -0.0109. The van der Waals surface area contributed by atoms with Gasteiger partial charge in [-0.2, -0.15) is 4.37 Å². The van der Waals surface area contributed by atoms with E-state index in [2.05, 4.69) is 4.37 Å². The second kappa shape index (κ2) is 5.37. The summed E-state index contributed by atoms with van der Waals surface area (Å²) in [5.41, 5.74) is 2.37. The average Bonchev–Trinajstić information content (AvgIpc) is 2.67. The van der Waals surface area contributed by atoms with Gasteiger partial charge in [-0.3, -0.25) is 4.79 Å². The Hall–Kier alpha value is -2.08. The molecular formula is C15H16N2O3S. The average molecular weight is 304 g/mol. The number of rotatable bonds is 1. The Morgan fingerprint density at radius 2 is 2.24 bits per heavy atom. The number of carbonyl (C=O) groups excluding carboxylic acids is 1. The molecule has 0 atom stereocenters. The summed E-state index contributed by atoms with van der Waals surface area (Å²) in [4.78, 5) is 15.4. The van der Waals surface area contributed by atoms with Gasteiger partial charge in [0.05, 0.1) is 17.8 Å². The van der Waals surface area contributed by atoms with E-state index in [1.165, 1.54) is 11.5 Å². The molecule has 0 unspecified atom stereocenters. The van der Waals surface area contributed by atoms with Gasteiger partial charge >= 0.3 is 0 Å². The minimum absolute atomic E-state index is 0.0109. The van der Waals surface area contributed by atoms with Crippen molar-refractivity contribution in [2.45, 2.75) is 20.4 Å². The van der Waals surface area contributed by atoms with Gasteiger partial charge in [0.25, 0.3) is 5.91 Å². The van der Waals surface area contributed by atoms with Crippen molar-refractivity contribution >= 4 is 17.4 Å². The van der Waals surface area contributed by atoms with E-state index >= 15 is 0 Å². The smallest absolute Gasteiger partial charge is 0.257 e.